The summed E-state index contributed by atoms with van der Waals surface area (Å²) in [5, 5.41) is 69.4. The summed E-state index contributed by atoms with van der Waals surface area (Å²) in [5.41, 5.74) is 39.6. The Morgan fingerprint density at radius 2 is 0.729 bits per heavy atom. The number of hydrogen-bond donors (Lipinski definition) is 26. The number of aliphatic hydroxyl groups is 1. The molecule has 33 N–H and O–H groups in total. The Morgan fingerprint density at radius 1 is 0.364 bits per heavy atom. The molecule has 21 amide bonds. The molecule has 1 aromatic rings. The number of likely N-dealkylation sites (tertiary alicyclic amines) is 3. The van der Waals surface area contributed by atoms with E-state index in [0.29, 0.717) is 69.8 Å². The third kappa shape index (κ3) is 42.2. The largest absolute Gasteiger partial charge is 0.481 e. The number of benzene rings is 1. The number of rotatable bonds is 66. The predicted molar refractivity (Wildman–Crippen MR) is 499 cm³/mol. The van der Waals surface area contributed by atoms with Crippen molar-refractivity contribution >= 4 is 136 Å². The first-order chi connectivity index (χ1) is 66.5. The van der Waals surface area contributed by atoms with E-state index in [1.807, 2.05) is 0 Å². The second-order valence-electron chi connectivity index (χ2n) is 34.6. The number of primary amides is 2. The van der Waals surface area contributed by atoms with Crippen molar-refractivity contribution in [2.24, 2.45) is 46.1 Å². The molecule has 3 fully saturated rings. The van der Waals surface area contributed by atoms with Crippen molar-refractivity contribution in [1.82, 2.24) is 99.8 Å². The number of carboxylic acid groups (broad SMARTS) is 2. The predicted octanol–water partition coefficient (Wildman–Crippen LogP) is -10.5. The van der Waals surface area contributed by atoms with Crippen LogP contribution in [0.1, 0.15) is 194 Å². The number of nitrogens with two attached hydrogens (primary N) is 7. The molecule has 52 nitrogen and oxygen atoms in total. The van der Waals surface area contributed by atoms with Gasteiger partial charge in [-0.05, 0) is 186 Å². The van der Waals surface area contributed by atoms with Gasteiger partial charge in [-0.15, -0.1) is 0 Å². The molecule has 3 saturated heterocycles. The van der Waals surface area contributed by atoms with Gasteiger partial charge in [-0.25, -0.2) is 4.79 Å². The summed E-state index contributed by atoms with van der Waals surface area (Å²) in [6.45, 7) is 2.53. The molecule has 0 saturated carbocycles. The van der Waals surface area contributed by atoms with E-state index in [4.69, 9.17) is 40.1 Å². The van der Waals surface area contributed by atoms with Crippen molar-refractivity contribution in [3.8, 4) is 0 Å². The number of nitrogens with one attached hydrogen (secondary N) is 16. The Labute approximate surface area is 810 Å². The molecule has 0 aromatic heterocycles. The van der Waals surface area contributed by atoms with E-state index < -0.39 is 304 Å². The molecule has 0 aliphatic carbocycles. The van der Waals surface area contributed by atoms with Crippen molar-refractivity contribution < 1.29 is 126 Å². The first-order valence-corrected chi connectivity index (χ1v) is 47.3. The van der Waals surface area contributed by atoms with Crippen LogP contribution in [-0.4, -0.2) is 342 Å². The molecule has 782 valence electrons. The maximum atomic E-state index is 14.4. The molecule has 140 heavy (non-hydrogen) atoms. The first-order valence-electron chi connectivity index (χ1n) is 47.3. The summed E-state index contributed by atoms with van der Waals surface area (Å²) < 4.78 is 0. The number of unbranched alkanes of at least 4 members (excludes halogenated alkanes) is 4. The van der Waals surface area contributed by atoms with Gasteiger partial charge in [-0.3, -0.25) is 105 Å². The van der Waals surface area contributed by atoms with Crippen LogP contribution in [0.15, 0.2) is 30.3 Å². The topological polar surface area (TPSA) is 838 Å². The van der Waals surface area contributed by atoms with Crippen molar-refractivity contribution in [3.05, 3.63) is 35.9 Å². The van der Waals surface area contributed by atoms with Crippen LogP contribution in [0.25, 0.3) is 0 Å². The third-order valence-electron chi connectivity index (χ3n) is 23.6. The van der Waals surface area contributed by atoms with Gasteiger partial charge in [0.15, 0.2) is 0 Å². The van der Waals surface area contributed by atoms with Crippen LogP contribution >= 0.6 is 0 Å². The van der Waals surface area contributed by atoms with E-state index in [1.54, 1.807) is 44.2 Å². The first kappa shape index (κ1) is 119. The molecule has 3 aliphatic rings. The second-order valence-corrected chi connectivity index (χ2v) is 34.6. The summed E-state index contributed by atoms with van der Waals surface area (Å²) >= 11 is 0. The number of aliphatic carboxylic acids is 2. The van der Waals surface area contributed by atoms with E-state index in [-0.39, 0.29) is 117 Å². The minimum atomic E-state index is -1.82. The Hall–Kier alpha value is -13.2. The summed E-state index contributed by atoms with van der Waals surface area (Å²) in [7, 11) is 0. The fourth-order valence-electron chi connectivity index (χ4n) is 15.7. The van der Waals surface area contributed by atoms with Crippen LogP contribution in [0.2, 0.25) is 0 Å². The highest BCUT2D eigenvalue weighted by atomic mass is 16.4. The van der Waals surface area contributed by atoms with Gasteiger partial charge in [0.2, 0.25) is 124 Å². The molecule has 0 spiro atoms. The summed E-state index contributed by atoms with van der Waals surface area (Å²) in [5.74, 6) is -22.0. The minimum absolute atomic E-state index is 0.0146. The highest BCUT2D eigenvalue weighted by Crippen LogP contribution is 2.24. The lowest BCUT2D eigenvalue weighted by molar-refractivity contribution is -0.145. The zero-order valence-corrected chi connectivity index (χ0v) is 79.8. The number of hydrogen-bond acceptors (Lipinski definition) is 29. The van der Waals surface area contributed by atoms with Gasteiger partial charge in [-0.2, -0.15) is 0 Å². The summed E-state index contributed by atoms with van der Waals surface area (Å²) in [6.07, 6.45) is -0.0626. The van der Waals surface area contributed by atoms with Gasteiger partial charge < -0.3 is 155 Å². The van der Waals surface area contributed by atoms with Gasteiger partial charge in [-0.1, -0.05) is 50.6 Å². The summed E-state index contributed by atoms with van der Waals surface area (Å²) in [4.78, 5) is 313. The average molecular weight is 1980 g/mol. The normalized spacial score (nSPS) is 17.1. The van der Waals surface area contributed by atoms with E-state index in [9.17, 15) is 126 Å². The quantitative estimate of drug-likeness (QED) is 0.0269. The number of carbonyl (C=O) groups excluding carboxylic acids is 21. The SMILES string of the molecule is CC[C@H](C)[C@H](NC(=O)CNC(=O)[C@@H]1CCCN1C(=O)[C@H](CCCCN)NC(=O)CNC(=O)[C@@H](NC(=O)[C@H](CCC(N)=O)NC(=O)CNC(=O)[C@H](CCCCN)NC(=O)[C@@H]1CCCN1C(=O)CN)[C@@H](C)O)C(=O)N[C@@H](C)C(=O)NCC(=O)N[C@@H](Cc1ccccc1)C(=O)N[C@@H](CCCCN)C(=O)NCC(=O)N[C@@H](CCC(=O)O)C(=O)N[C@@H](CCC(N)=O)C(=O)N1CCC[C@H]1C(=O)N[C@@H](CCCCN)C(=O)O. The second kappa shape index (κ2) is 63.4. The lowest BCUT2D eigenvalue weighted by Gasteiger charge is -2.30. The molecule has 4 rings (SSSR count). The number of amides is 21. The van der Waals surface area contributed by atoms with E-state index in [0.717, 1.165) is 11.8 Å². The zero-order chi connectivity index (χ0) is 104. The number of aliphatic hydroxyl groups excluding tert-OH is 1. The smallest absolute Gasteiger partial charge is 0.326 e. The molecular formula is C88H144N26O26. The zero-order valence-electron chi connectivity index (χ0n) is 79.8. The maximum absolute atomic E-state index is 14.4. The molecule has 3 aliphatic heterocycles. The van der Waals surface area contributed by atoms with Gasteiger partial charge in [0.1, 0.15) is 84.6 Å². The van der Waals surface area contributed by atoms with Crippen LogP contribution in [0.4, 0.5) is 0 Å². The highest BCUT2D eigenvalue weighted by Gasteiger charge is 2.44. The van der Waals surface area contributed by atoms with Crippen molar-refractivity contribution in [2.45, 2.75) is 285 Å². The number of nitrogens with zero attached hydrogens (tertiary/aromatic N) is 3. The van der Waals surface area contributed by atoms with Crippen molar-refractivity contribution in [1.29, 1.82) is 0 Å². The Bertz CT molecular complexity index is 4400. The fourth-order valence-corrected chi connectivity index (χ4v) is 15.7. The van der Waals surface area contributed by atoms with Gasteiger partial charge in [0.25, 0.3) is 0 Å². The summed E-state index contributed by atoms with van der Waals surface area (Å²) in [6, 6.07) is -11.2. The van der Waals surface area contributed by atoms with Crippen LogP contribution in [0.5, 0.6) is 0 Å². The maximum Gasteiger partial charge on any atom is 0.326 e. The monoisotopic (exact) mass is 1980 g/mol. The molecule has 16 atom stereocenters. The molecule has 0 bridgehead atoms. The van der Waals surface area contributed by atoms with Crippen LogP contribution < -0.4 is 125 Å². The average Bonchev–Trinajstić information content (AvgIpc) is 1.66. The number of carbonyl (C=O) groups is 23. The van der Waals surface area contributed by atoms with Gasteiger partial charge in [0, 0.05) is 45.3 Å². The number of carboxylic acids is 2. The van der Waals surface area contributed by atoms with Gasteiger partial charge in [0.05, 0.1) is 45.4 Å². The van der Waals surface area contributed by atoms with Crippen LogP contribution in [0.3, 0.4) is 0 Å². The molecule has 0 unspecified atom stereocenters. The molecule has 1 aromatic carbocycles. The Kier molecular flexibility index (Phi) is 53.9. The Balaban J connectivity index is 1.37. The standard InChI is InChI=1S/C88H144N26O26/c1-5-49(2)73(110-70(122)48-99-81(132)61-26-18-40-113(61)86(137)57(24-11-15-37-91)104-68(120)47-100-84(135)74(51(4)115)111-79(130)55(29-32-64(94)116)102-66(118)45-98-77(128)54(23-10-14-36-90)107-82(133)62-27-17-39-112(62)71(123)43-93)85(136)101-50(3)75(126)96-44-69(121)105-60(42-52-20-7-6-8-21-52)80(131)106-53(22-9-13-35-89)76(127)97-46-67(119)103-56(31-34-72(124)125)78(129)108-58(30-33-65(95)117)87(138)114-41-19-28-63(114)83(134)109-59(88(139)140)25-12-16-38-92/h6-8,20-21,49-51,53-63,73-74,115H,5,9-19,22-48,89-93H2,1-4H3,(H2,94,116)(H2,95,117)(H,96,126)(H,97,127)(H,98,128)(H,99,132)(H,100,135)(H,101,136)(H,102,118)(H,103,119)(H,104,120)(H,105,121)(H,106,131)(H,107,133)(H,108,129)(H,109,134)(H,110,122)(H,111,130)(H,124,125)(H,139,140)/t49-,50-,51+,53-,54-,55-,56-,57-,58-,59-,60-,61-,62-,63-,73-,74-/m0/s1. The fraction of sp³-hybridized carbons (Fsp3) is 0.670. The van der Waals surface area contributed by atoms with E-state index >= 15 is 0 Å². The van der Waals surface area contributed by atoms with E-state index in [1.165, 1.54) is 16.7 Å². The van der Waals surface area contributed by atoms with Gasteiger partial charge >= 0.3 is 11.9 Å². The van der Waals surface area contributed by atoms with Crippen molar-refractivity contribution in [3.63, 3.8) is 0 Å². The third-order valence-corrected chi connectivity index (χ3v) is 23.6. The lowest BCUT2D eigenvalue weighted by Crippen LogP contribution is -2.59. The Morgan fingerprint density at radius 3 is 1.19 bits per heavy atom. The highest BCUT2D eigenvalue weighted by molar-refractivity contribution is 6.01. The lowest BCUT2D eigenvalue weighted by atomic mass is 9.98. The van der Waals surface area contributed by atoms with Crippen molar-refractivity contribution in [2.75, 3.05) is 85.1 Å². The van der Waals surface area contributed by atoms with E-state index in [2.05, 4.69) is 85.1 Å². The molecule has 3 heterocycles. The molecule has 0 radical (unpaired) electrons. The minimum Gasteiger partial charge on any atom is -0.481 e. The molecule has 52 heteroatoms. The van der Waals surface area contributed by atoms with Crippen LogP contribution in [-0.2, 0) is 117 Å². The molecular weight excluding hydrogens is 1840 g/mol. The van der Waals surface area contributed by atoms with Crippen LogP contribution in [0, 0.1) is 5.92 Å².